The van der Waals surface area contributed by atoms with Crippen molar-refractivity contribution in [2.24, 2.45) is 0 Å². The quantitative estimate of drug-likeness (QED) is 0.735. The van der Waals surface area contributed by atoms with E-state index in [1.165, 1.54) is 11.3 Å². The third-order valence-corrected chi connectivity index (χ3v) is 4.89. The number of benzene rings is 2. The van der Waals surface area contributed by atoms with Crippen molar-refractivity contribution in [3.63, 3.8) is 0 Å². The first-order valence-electron chi connectivity index (χ1n) is 7.74. The van der Waals surface area contributed by atoms with Crippen molar-refractivity contribution in [2.45, 2.75) is 13.5 Å². The van der Waals surface area contributed by atoms with Crippen molar-refractivity contribution in [1.82, 2.24) is 5.32 Å². The minimum absolute atomic E-state index is 0.0354. The van der Waals surface area contributed by atoms with Crippen LogP contribution in [0.15, 0.2) is 60.7 Å². The monoisotopic (exact) mass is 337 g/mol. The van der Waals surface area contributed by atoms with Gasteiger partial charge in [-0.25, -0.2) is 0 Å². The minimum atomic E-state index is -0.0354. The standard InChI is InChI=1S/C20H19NO2S/c1-14-18(16-8-10-17(23-2)11-9-16)12-19(24-14)20(22)21-13-15-6-4-3-5-7-15/h3-12H,13H2,1-2H3,(H,21,22). The number of rotatable bonds is 5. The molecule has 1 N–H and O–H groups in total. The van der Waals surface area contributed by atoms with Crippen LogP contribution in [-0.2, 0) is 6.54 Å². The van der Waals surface area contributed by atoms with Crippen LogP contribution in [0, 0.1) is 6.92 Å². The first-order valence-corrected chi connectivity index (χ1v) is 8.56. The summed E-state index contributed by atoms with van der Waals surface area (Å²) in [5.74, 6) is 0.791. The van der Waals surface area contributed by atoms with Crippen molar-refractivity contribution in [2.75, 3.05) is 7.11 Å². The molecule has 0 aliphatic carbocycles. The van der Waals surface area contributed by atoms with Crippen LogP contribution in [0.3, 0.4) is 0 Å². The van der Waals surface area contributed by atoms with Gasteiger partial charge in [0.1, 0.15) is 5.75 Å². The Balaban J connectivity index is 1.74. The molecule has 0 unspecified atom stereocenters. The second kappa shape index (κ2) is 7.32. The molecule has 0 aliphatic heterocycles. The molecular weight excluding hydrogens is 318 g/mol. The maximum absolute atomic E-state index is 12.4. The lowest BCUT2D eigenvalue weighted by Gasteiger charge is -2.03. The second-order valence-electron chi connectivity index (χ2n) is 5.48. The summed E-state index contributed by atoms with van der Waals surface area (Å²) in [4.78, 5) is 14.3. The van der Waals surface area contributed by atoms with E-state index in [1.807, 2.05) is 67.6 Å². The van der Waals surface area contributed by atoms with Gasteiger partial charge in [-0.1, -0.05) is 42.5 Å². The summed E-state index contributed by atoms with van der Waals surface area (Å²) in [6.07, 6.45) is 0. The van der Waals surface area contributed by atoms with Crippen molar-refractivity contribution >= 4 is 17.2 Å². The van der Waals surface area contributed by atoms with Crippen molar-refractivity contribution < 1.29 is 9.53 Å². The van der Waals surface area contributed by atoms with E-state index in [0.717, 1.165) is 32.2 Å². The topological polar surface area (TPSA) is 38.3 Å². The SMILES string of the molecule is COc1ccc(-c2cc(C(=O)NCc3ccccc3)sc2C)cc1. The van der Waals surface area contributed by atoms with Gasteiger partial charge < -0.3 is 10.1 Å². The predicted molar refractivity (Wildman–Crippen MR) is 98.7 cm³/mol. The average molecular weight is 337 g/mol. The van der Waals surface area contributed by atoms with Crippen LogP contribution >= 0.6 is 11.3 Å². The van der Waals surface area contributed by atoms with Gasteiger partial charge >= 0.3 is 0 Å². The van der Waals surface area contributed by atoms with Crippen LogP contribution in [0.4, 0.5) is 0 Å². The fourth-order valence-corrected chi connectivity index (χ4v) is 3.47. The van der Waals surface area contributed by atoms with Gasteiger partial charge in [0.2, 0.25) is 0 Å². The zero-order chi connectivity index (χ0) is 16.9. The van der Waals surface area contributed by atoms with Gasteiger partial charge in [-0.05, 0) is 41.8 Å². The van der Waals surface area contributed by atoms with Gasteiger partial charge in [0.25, 0.3) is 5.91 Å². The number of nitrogens with one attached hydrogen (secondary N) is 1. The zero-order valence-corrected chi connectivity index (χ0v) is 14.5. The smallest absolute Gasteiger partial charge is 0.261 e. The molecule has 0 radical (unpaired) electrons. The van der Waals surface area contributed by atoms with Crippen LogP contribution in [-0.4, -0.2) is 13.0 Å². The highest BCUT2D eigenvalue weighted by Gasteiger charge is 2.13. The van der Waals surface area contributed by atoms with E-state index in [0.29, 0.717) is 6.54 Å². The lowest BCUT2D eigenvalue weighted by atomic mass is 10.1. The van der Waals surface area contributed by atoms with Crippen LogP contribution in [0.25, 0.3) is 11.1 Å². The van der Waals surface area contributed by atoms with Crippen LogP contribution in [0.2, 0.25) is 0 Å². The van der Waals surface area contributed by atoms with E-state index in [-0.39, 0.29) is 5.91 Å². The molecule has 1 aromatic heterocycles. The fraction of sp³-hybridized carbons (Fsp3) is 0.150. The molecule has 1 amide bonds. The molecule has 0 fully saturated rings. The van der Waals surface area contributed by atoms with Gasteiger partial charge in [0.05, 0.1) is 12.0 Å². The van der Waals surface area contributed by atoms with Gasteiger partial charge in [0.15, 0.2) is 0 Å². The summed E-state index contributed by atoms with van der Waals surface area (Å²) >= 11 is 1.52. The van der Waals surface area contributed by atoms with Crippen molar-refractivity contribution in [3.05, 3.63) is 76.0 Å². The number of amides is 1. The lowest BCUT2D eigenvalue weighted by Crippen LogP contribution is -2.21. The summed E-state index contributed by atoms with van der Waals surface area (Å²) in [5, 5.41) is 2.98. The van der Waals surface area contributed by atoms with Crippen molar-refractivity contribution in [3.8, 4) is 16.9 Å². The van der Waals surface area contributed by atoms with Gasteiger partial charge in [-0.3, -0.25) is 4.79 Å². The molecule has 122 valence electrons. The summed E-state index contributed by atoms with van der Waals surface area (Å²) in [5.41, 5.74) is 3.27. The molecule has 0 bridgehead atoms. The molecule has 0 saturated carbocycles. The first kappa shape index (κ1) is 16.3. The molecule has 1 heterocycles. The van der Waals surface area contributed by atoms with E-state index in [4.69, 9.17) is 4.74 Å². The Bertz CT molecular complexity index is 823. The number of carbonyl (C=O) groups excluding carboxylic acids is 1. The van der Waals surface area contributed by atoms with Gasteiger partial charge in [-0.15, -0.1) is 11.3 Å². The Morgan fingerprint density at radius 2 is 1.79 bits per heavy atom. The van der Waals surface area contributed by atoms with E-state index in [1.54, 1.807) is 7.11 Å². The molecule has 0 spiro atoms. The molecule has 2 aromatic carbocycles. The third kappa shape index (κ3) is 3.66. The molecule has 0 aliphatic rings. The number of methoxy groups -OCH3 is 1. The van der Waals surface area contributed by atoms with E-state index >= 15 is 0 Å². The Hall–Kier alpha value is -2.59. The highest BCUT2D eigenvalue weighted by atomic mass is 32.1. The number of hydrogen-bond acceptors (Lipinski definition) is 3. The summed E-state index contributed by atoms with van der Waals surface area (Å²) in [6, 6.07) is 19.8. The maximum atomic E-state index is 12.4. The first-order chi connectivity index (χ1) is 11.7. The number of carbonyl (C=O) groups is 1. The van der Waals surface area contributed by atoms with E-state index in [2.05, 4.69) is 5.32 Å². The second-order valence-corrected chi connectivity index (χ2v) is 6.73. The van der Waals surface area contributed by atoms with E-state index in [9.17, 15) is 4.79 Å². The number of ether oxygens (including phenoxy) is 1. The molecular formula is C20H19NO2S. The molecule has 4 heteroatoms. The molecule has 0 saturated heterocycles. The summed E-state index contributed by atoms with van der Waals surface area (Å²) in [6.45, 7) is 2.58. The van der Waals surface area contributed by atoms with Crippen molar-refractivity contribution in [1.29, 1.82) is 0 Å². The molecule has 0 atom stereocenters. The highest BCUT2D eigenvalue weighted by Crippen LogP contribution is 2.32. The Kier molecular flexibility index (Phi) is 4.96. The highest BCUT2D eigenvalue weighted by molar-refractivity contribution is 7.14. The fourth-order valence-electron chi connectivity index (χ4n) is 2.52. The predicted octanol–water partition coefficient (Wildman–Crippen LogP) is 4.66. The molecule has 3 aromatic rings. The average Bonchev–Trinajstić information content (AvgIpc) is 3.02. The van der Waals surface area contributed by atoms with Gasteiger partial charge in [0, 0.05) is 11.4 Å². The number of aryl methyl sites for hydroxylation is 1. The molecule has 24 heavy (non-hydrogen) atoms. The normalized spacial score (nSPS) is 10.4. The largest absolute Gasteiger partial charge is 0.497 e. The summed E-state index contributed by atoms with van der Waals surface area (Å²) < 4.78 is 5.19. The summed E-state index contributed by atoms with van der Waals surface area (Å²) in [7, 11) is 1.65. The van der Waals surface area contributed by atoms with Gasteiger partial charge in [-0.2, -0.15) is 0 Å². The Morgan fingerprint density at radius 1 is 1.08 bits per heavy atom. The zero-order valence-electron chi connectivity index (χ0n) is 13.7. The number of hydrogen-bond donors (Lipinski definition) is 1. The lowest BCUT2D eigenvalue weighted by molar-refractivity contribution is 0.0955. The van der Waals surface area contributed by atoms with E-state index < -0.39 is 0 Å². The number of thiophene rings is 1. The van der Waals surface area contributed by atoms with Crippen LogP contribution in [0.1, 0.15) is 20.1 Å². The maximum Gasteiger partial charge on any atom is 0.261 e. The molecule has 3 nitrogen and oxygen atoms in total. The molecule has 3 rings (SSSR count). The third-order valence-electron chi connectivity index (χ3n) is 3.84. The van der Waals surface area contributed by atoms with Crippen LogP contribution in [0.5, 0.6) is 5.75 Å². The Labute approximate surface area is 145 Å². The minimum Gasteiger partial charge on any atom is -0.497 e. The Morgan fingerprint density at radius 3 is 2.46 bits per heavy atom. The van der Waals surface area contributed by atoms with Crippen LogP contribution < -0.4 is 10.1 Å².